The van der Waals surface area contributed by atoms with Gasteiger partial charge in [0.05, 0.1) is 24.4 Å². The van der Waals surface area contributed by atoms with Gasteiger partial charge in [-0.3, -0.25) is 4.79 Å². The molecule has 2 aromatic carbocycles. The van der Waals surface area contributed by atoms with E-state index in [1.807, 2.05) is 31.2 Å². The van der Waals surface area contributed by atoms with Gasteiger partial charge in [-0.25, -0.2) is 4.98 Å². The van der Waals surface area contributed by atoms with Crippen molar-refractivity contribution in [2.24, 2.45) is 0 Å². The molecule has 8 heteroatoms. The summed E-state index contributed by atoms with van der Waals surface area (Å²) < 4.78 is 43.7. The Labute approximate surface area is 182 Å². The third kappa shape index (κ3) is 4.80. The van der Waals surface area contributed by atoms with Gasteiger partial charge in [0.15, 0.2) is 0 Å². The Balaban J connectivity index is 1.46. The number of amides is 1. The number of carbonyl (C=O) groups excluding carboxylic acids is 1. The van der Waals surface area contributed by atoms with Crippen LogP contribution in [-0.2, 0) is 30.5 Å². The second-order valence-corrected chi connectivity index (χ2v) is 8.36. The second-order valence-electron chi connectivity index (χ2n) is 7.27. The summed E-state index contributed by atoms with van der Waals surface area (Å²) in [4.78, 5) is 20.3. The highest BCUT2D eigenvalue weighted by Crippen LogP contribution is 2.34. The molecule has 0 radical (unpaired) electrons. The van der Waals surface area contributed by atoms with E-state index >= 15 is 0 Å². The molecule has 0 atom stereocenters. The van der Waals surface area contributed by atoms with Gasteiger partial charge in [0.2, 0.25) is 0 Å². The van der Waals surface area contributed by atoms with Gasteiger partial charge in [0.1, 0.15) is 5.01 Å². The van der Waals surface area contributed by atoms with E-state index in [1.54, 1.807) is 4.90 Å². The first-order valence-corrected chi connectivity index (χ1v) is 10.8. The summed E-state index contributed by atoms with van der Waals surface area (Å²) in [5, 5.41) is 0.674. The molecule has 0 spiro atoms. The maximum Gasteiger partial charge on any atom is 0.416 e. The molecule has 0 saturated carbocycles. The Morgan fingerprint density at radius 3 is 2.48 bits per heavy atom. The molecular weight excluding hydrogens is 425 g/mol. The van der Waals surface area contributed by atoms with Crippen molar-refractivity contribution < 1.29 is 22.7 Å². The zero-order chi connectivity index (χ0) is 22.0. The van der Waals surface area contributed by atoms with Crippen molar-refractivity contribution in [3.8, 4) is 10.6 Å². The van der Waals surface area contributed by atoms with E-state index in [0.29, 0.717) is 48.9 Å². The fourth-order valence-corrected chi connectivity index (χ4v) is 4.57. The summed E-state index contributed by atoms with van der Waals surface area (Å²) in [6, 6.07) is 12.4. The Morgan fingerprint density at radius 1 is 1.13 bits per heavy atom. The summed E-state index contributed by atoms with van der Waals surface area (Å²) in [7, 11) is 0. The highest BCUT2D eigenvalue weighted by atomic mass is 32.1. The molecule has 4 nitrogen and oxygen atoms in total. The normalized spacial score (nSPS) is 13.9. The lowest BCUT2D eigenvalue weighted by Crippen LogP contribution is -2.35. The van der Waals surface area contributed by atoms with Crippen LogP contribution < -0.4 is 0 Å². The first-order chi connectivity index (χ1) is 14.8. The summed E-state index contributed by atoms with van der Waals surface area (Å²) in [5.41, 5.74) is 2.52. The van der Waals surface area contributed by atoms with Crippen molar-refractivity contribution in [1.29, 1.82) is 0 Å². The molecule has 3 aromatic rings. The van der Waals surface area contributed by atoms with Crippen molar-refractivity contribution in [3.63, 3.8) is 0 Å². The Bertz CT molecular complexity index is 1060. The van der Waals surface area contributed by atoms with Crippen LogP contribution in [-0.4, -0.2) is 28.9 Å². The minimum Gasteiger partial charge on any atom is -0.377 e. The SMILES string of the molecule is CCOCc1ccc(C(=O)N2CCc3nc(-c4ccc(C(F)(F)F)cc4)sc3C2)cc1. The van der Waals surface area contributed by atoms with Crippen molar-refractivity contribution in [2.45, 2.75) is 32.7 Å². The number of carbonyl (C=O) groups is 1. The van der Waals surface area contributed by atoms with Crippen molar-refractivity contribution in [3.05, 3.63) is 75.8 Å². The molecule has 162 valence electrons. The number of aromatic nitrogens is 1. The fourth-order valence-electron chi connectivity index (χ4n) is 3.44. The summed E-state index contributed by atoms with van der Waals surface area (Å²) in [5.74, 6) is -0.0434. The Morgan fingerprint density at radius 2 is 1.84 bits per heavy atom. The Kier molecular flexibility index (Phi) is 6.11. The molecule has 0 aliphatic carbocycles. The lowest BCUT2D eigenvalue weighted by atomic mass is 10.1. The number of rotatable bonds is 5. The summed E-state index contributed by atoms with van der Waals surface area (Å²) in [6.07, 6.45) is -3.73. The van der Waals surface area contributed by atoms with Crippen LogP contribution in [0.3, 0.4) is 0 Å². The van der Waals surface area contributed by atoms with Crippen molar-refractivity contribution in [1.82, 2.24) is 9.88 Å². The van der Waals surface area contributed by atoms with Gasteiger partial charge in [-0.1, -0.05) is 24.3 Å². The zero-order valence-electron chi connectivity index (χ0n) is 16.9. The van der Waals surface area contributed by atoms with Crippen LogP contribution in [0.1, 0.15) is 39.0 Å². The van der Waals surface area contributed by atoms with Gasteiger partial charge < -0.3 is 9.64 Å². The third-order valence-electron chi connectivity index (χ3n) is 5.15. The fraction of sp³-hybridized carbons (Fsp3) is 0.304. The highest BCUT2D eigenvalue weighted by Gasteiger charge is 2.30. The summed E-state index contributed by atoms with van der Waals surface area (Å²) in [6.45, 7) is 4.10. The molecule has 2 heterocycles. The first kappa shape index (κ1) is 21.5. The van der Waals surface area contributed by atoms with Crippen LogP contribution in [0.5, 0.6) is 0 Å². The summed E-state index contributed by atoms with van der Waals surface area (Å²) >= 11 is 1.43. The van der Waals surface area contributed by atoms with E-state index in [9.17, 15) is 18.0 Å². The molecule has 1 aliphatic heterocycles. The molecule has 0 saturated heterocycles. The minimum atomic E-state index is -4.36. The lowest BCUT2D eigenvalue weighted by Gasteiger charge is -2.26. The van der Waals surface area contributed by atoms with E-state index in [0.717, 1.165) is 28.3 Å². The molecule has 1 amide bonds. The van der Waals surface area contributed by atoms with Gasteiger partial charge in [0.25, 0.3) is 5.91 Å². The molecule has 0 fully saturated rings. The lowest BCUT2D eigenvalue weighted by molar-refractivity contribution is -0.137. The van der Waals surface area contributed by atoms with Gasteiger partial charge in [-0.15, -0.1) is 11.3 Å². The quantitative estimate of drug-likeness (QED) is 0.515. The number of benzene rings is 2. The van der Waals surface area contributed by atoms with Crippen molar-refractivity contribution >= 4 is 17.2 Å². The number of halogens is 3. The van der Waals surface area contributed by atoms with Crippen LogP contribution in [0.2, 0.25) is 0 Å². The average Bonchev–Trinajstić information content (AvgIpc) is 3.20. The van der Waals surface area contributed by atoms with Gasteiger partial charge in [0, 0.05) is 35.6 Å². The van der Waals surface area contributed by atoms with Crippen LogP contribution >= 0.6 is 11.3 Å². The molecule has 1 aromatic heterocycles. The van der Waals surface area contributed by atoms with Crippen molar-refractivity contribution in [2.75, 3.05) is 13.2 Å². The van der Waals surface area contributed by atoms with E-state index in [1.165, 1.54) is 23.5 Å². The molecule has 0 bridgehead atoms. The van der Waals surface area contributed by atoms with E-state index < -0.39 is 11.7 Å². The van der Waals surface area contributed by atoms with Gasteiger partial charge in [-0.2, -0.15) is 13.2 Å². The maximum atomic E-state index is 12.9. The number of hydrogen-bond acceptors (Lipinski definition) is 4. The van der Waals surface area contributed by atoms with Crippen LogP contribution in [0.4, 0.5) is 13.2 Å². The monoisotopic (exact) mass is 446 g/mol. The van der Waals surface area contributed by atoms with E-state index in [4.69, 9.17) is 4.74 Å². The molecule has 31 heavy (non-hydrogen) atoms. The van der Waals surface area contributed by atoms with Gasteiger partial charge >= 0.3 is 6.18 Å². The molecule has 1 aliphatic rings. The van der Waals surface area contributed by atoms with Crippen LogP contribution in [0, 0.1) is 0 Å². The molecule has 4 rings (SSSR count). The maximum absolute atomic E-state index is 12.9. The second kappa shape index (κ2) is 8.80. The third-order valence-corrected chi connectivity index (χ3v) is 6.28. The van der Waals surface area contributed by atoms with E-state index in [-0.39, 0.29) is 5.91 Å². The number of ether oxygens (including phenoxy) is 1. The number of nitrogens with zero attached hydrogens (tertiary/aromatic N) is 2. The van der Waals surface area contributed by atoms with E-state index in [2.05, 4.69) is 4.98 Å². The van der Waals surface area contributed by atoms with Gasteiger partial charge in [-0.05, 0) is 36.8 Å². The number of hydrogen-bond donors (Lipinski definition) is 0. The zero-order valence-corrected chi connectivity index (χ0v) is 17.7. The predicted octanol–water partition coefficient (Wildman–Crippen LogP) is 5.56. The molecule has 0 N–H and O–H groups in total. The Hall–Kier alpha value is -2.71. The number of thiazole rings is 1. The molecular formula is C23H21F3N2O2S. The standard InChI is InChI=1S/C23H21F3N2O2S/c1-2-30-14-15-3-5-17(6-4-15)22(29)28-12-11-19-20(13-28)31-21(27-19)16-7-9-18(10-8-16)23(24,25)26/h3-10H,2,11-14H2,1H3. The van der Waals surface area contributed by atoms with Crippen LogP contribution in [0.25, 0.3) is 10.6 Å². The number of fused-ring (bicyclic) bond motifs is 1. The first-order valence-electron chi connectivity index (χ1n) is 9.97. The topological polar surface area (TPSA) is 42.4 Å². The number of alkyl halides is 3. The minimum absolute atomic E-state index is 0.0434. The predicted molar refractivity (Wildman–Crippen MR) is 113 cm³/mol. The smallest absolute Gasteiger partial charge is 0.377 e. The molecule has 0 unspecified atom stereocenters. The van der Waals surface area contributed by atoms with Crippen LogP contribution in [0.15, 0.2) is 48.5 Å². The average molecular weight is 446 g/mol. The highest BCUT2D eigenvalue weighted by molar-refractivity contribution is 7.15. The largest absolute Gasteiger partial charge is 0.416 e.